The molecule has 0 radical (unpaired) electrons. The van der Waals surface area contributed by atoms with Gasteiger partial charge in [-0.05, 0) is 42.5 Å². The minimum Gasteiger partial charge on any atom is -0.366 e. The highest BCUT2D eigenvalue weighted by Crippen LogP contribution is 2.16. The predicted octanol–water partition coefficient (Wildman–Crippen LogP) is 3.60. The molecule has 0 saturated heterocycles. The van der Waals surface area contributed by atoms with Crippen molar-refractivity contribution in [2.24, 2.45) is 0 Å². The Morgan fingerprint density at radius 3 is 2.58 bits per heavy atom. The Labute approximate surface area is 117 Å². The molecule has 1 aromatic carbocycles. The highest BCUT2D eigenvalue weighted by Gasteiger charge is 2.01. The third kappa shape index (κ3) is 3.49. The molecule has 0 aliphatic rings. The maximum absolute atomic E-state index is 8.94. The lowest BCUT2D eigenvalue weighted by Crippen LogP contribution is -2.02. The van der Waals surface area contributed by atoms with Crippen LogP contribution in [0.4, 0.5) is 5.82 Å². The molecule has 3 nitrogen and oxygen atoms in total. The number of aromatic nitrogens is 1. The van der Waals surface area contributed by atoms with E-state index in [1.54, 1.807) is 11.8 Å². The molecule has 0 atom stereocenters. The van der Waals surface area contributed by atoms with Crippen molar-refractivity contribution in [1.82, 2.24) is 4.98 Å². The summed E-state index contributed by atoms with van der Waals surface area (Å²) in [6.07, 6.45) is 2.06. The highest BCUT2D eigenvalue weighted by molar-refractivity contribution is 7.98. The van der Waals surface area contributed by atoms with Gasteiger partial charge in [0.25, 0.3) is 0 Å². The van der Waals surface area contributed by atoms with Gasteiger partial charge in [0.05, 0.1) is 0 Å². The van der Waals surface area contributed by atoms with Crippen LogP contribution in [0, 0.1) is 18.3 Å². The topological polar surface area (TPSA) is 48.7 Å². The molecule has 1 N–H and O–H groups in total. The first-order chi connectivity index (χ1) is 9.22. The van der Waals surface area contributed by atoms with E-state index in [1.165, 1.54) is 10.5 Å². The highest BCUT2D eigenvalue weighted by atomic mass is 32.2. The van der Waals surface area contributed by atoms with Gasteiger partial charge in [-0.3, -0.25) is 0 Å². The van der Waals surface area contributed by atoms with E-state index >= 15 is 0 Å². The van der Waals surface area contributed by atoms with E-state index < -0.39 is 0 Å². The van der Waals surface area contributed by atoms with E-state index in [-0.39, 0.29) is 0 Å². The zero-order valence-corrected chi connectivity index (χ0v) is 11.8. The average molecular weight is 269 g/mol. The summed E-state index contributed by atoms with van der Waals surface area (Å²) in [6, 6.07) is 14.3. The molecule has 2 rings (SSSR count). The molecule has 0 amide bonds. The fourth-order valence-electron chi connectivity index (χ4n) is 1.68. The SMILES string of the molecule is CSc1ccc(CNc2ccc(C)c(C#N)n2)cc1. The summed E-state index contributed by atoms with van der Waals surface area (Å²) in [5.74, 6) is 0.732. The van der Waals surface area contributed by atoms with Gasteiger partial charge in [-0.2, -0.15) is 5.26 Å². The van der Waals surface area contributed by atoms with Crippen molar-refractivity contribution >= 4 is 17.6 Å². The zero-order valence-electron chi connectivity index (χ0n) is 11.0. The Kier molecular flexibility index (Phi) is 4.43. The first kappa shape index (κ1) is 13.4. The van der Waals surface area contributed by atoms with Gasteiger partial charge in [-0.25, -0.2) is 4.98 Å². The number of aryl methyl sites for hydroxylation is 1. The number of benzene rings is 1. The number of nitriles is 1. The molecule has 1 aromatic heterocycles. The molecule has 0 fully saturated rings. The lowest BCUT2D eigenvalue weighted by Gasteiger charge is -2.07. The minimum absolute atomic E-state index is 0.475. The van der Waals surface area contributed by atoms with E-state index in [1.807, 2.05) is 19.1 Å². The smallest absolute Gasteiger partial charge is 0.145 e. The van der Waals surface area contributed by atoms with Crippen LogP contribution < -0.4 is 5.32 Å². The van der Waals surface area contributed by atoms with Crippen LogP contribution in [0.2, 0.25) is 0 Å². The molecular formula is C15H15N3S. The van der Waals surface area contributed by atoms with E-state index in [2.05, 4.69) is 46.9 Å². The standard InChI is InChI=1S/C15H15N3S/c1-11-3-8-15(18-14(11)9-16)17-10-12-4-6-13(19-2)7-5-12/h3-8H,10H2,1-2H3,(H,17,18). The first-order valence-corrected chi connectivity index (χ1v) is 7.20. The van der Waals surface area contributed by atoms with Crippen LogP contribution in [-0.2, 0) is 6.54 Å². The van der Waals surface area contributed by atoms with Gasteiger partial charge in [-0.15, -0.1) is 11.8 Å². The number of thioether (sulfide) groups is 1. The lowest BCUT2D eigenvalue weighted by atomic mass is 10.2. The minimum atomic E-state index is 0.475. The Morgan fingerprint density at radius 1 is 1.21 bits per heavy atom. The molecule has 96 valence electrons. The van der Waals surface area contributed by atoms with E-state index in [4.69, 9.17) is 5.26 Å². The fraction of sp³-hybridized carbons (Fsp3) is 0.200. The van der Waals surface area contributed by atoms with Crippen LogP contribution in [0.3, 0.4) is 0 Å². The van der Waals surface area contributed by atoms with Gasteiger partial charge >= 0.3 is 0 Å². The van der Waals surface area contributed by atoms with Crippen molar-refractivity contribution in [3.8, 4) is 6.07 Å². The zero-order chi connectivity index (χ0) is 13.7. The van der Waals surface area contributed by atoms with Crippen LogP contribution >= 0.6 is 11.8 Å². The molecule has 19 heavy (non-hydrogen) atoms. The molecule has 0 aliphatic carbocycles. The molecule has 0 aliphatic heterocycles. The Hall–Kier alpha value is -1.99. The normalized spacial score (nSPS) is 9.95. The fourth-order valence-corrected chi connectivity index (χ4v) is 2.08. The van der Waals surface area contributed by atoms with Crippen molar-refractivity contribution in [3.05, 3.63) is 53.2 Å². The molecular weight excluding hydrogens is 254 g/mol. The summed E-state index contributed by atoms with van der Waals surface area (Å²) in [5.41, 5.74) is 2.57. The number of nitrogens with zero attached hydrogens (tertiary/aromatic N) is 2. The van der Waals surface area contributed by atoms with Crippen molar-refractivity contribution in [2.75, 3.05) is 11.6 Å². The van der Waals surface area contributed by atoms with Crippen LogP contribution in [0.1, 0.15) is 16.8 Å². The Morgan fingerprint density at radius 2 is 1.95 bits per heavy atom. The van der Waals surface area contributed by atoms with Crippen molar-refractivity contribution < 1.29 is 0 Å². The maximum Gasteiger partial charge on any atom is 0.145 e. The molecule has 0 unspecified atom stereocenters. The third-order valence-electron chi connectivity index (χ3n) is 2.84. The van der Waals surface area contributed by atoms with Crippen LogP contribution in [0.25, 0.3) is 0 Å². The van der Waals surface area contributed by atoms with Crippen molar-refractivity contribution in [1.29, 1.82) is 5.26 Å². The maximum atomic E-state index is 8.94. The molecule has 0 spiro atoms. The van der Waals surface area contributed by atoms with E-state index in [0.29, 0.717) is 12.2 Å². The van der Waals surface area contributed by atoms with Crippen LogP contribution in [0.15, 0.2) is 41.3 Å². The van der Waals surface area contributed by atoms with Crippen molar-refractivity contribution in [3.63, 3.8) is 0 Å². The number of hydrogen-bond donors (Lipinski definition) is 1. The van der Waals surface area contributed by atoms with Crippen LogP contribution in [0.5, 0.6) is 0 Å². The second-order valence-electron chi connectivity index (χ2n) is 4.18. The number of hydrogen-bond acceptors (Lipinski definition) is 4. The van der Waals surface area contributed by atoms with Gasteiger partial charge < -0.3 is 5.32 Å². The second-order valence-corrected chi connectivity index (χ2v) is 5.06. The third-order valence-corrected chi connectivity index (χ3v) is 3.58. The Balaban J connectivity index is 2.04. The molecule has 0 saturated carbocycles. The average Bonchev–Trinajstić information content (AvgIpc) is 2.47. The molecule has 1 heterocycles. The Bertz CT molecular complexity index is 600. The summed E-state index contributed by atoms with van der Waals surface area (Å²) < 4.78 is 0. The van der Waals surface area contributed by atoms with Crippen molar-refractivity contribution in [2.45, 2.75) is 18.4 Å². The molecule has 2 aromatic rings. The van der Waals surface area contributed by atoms with E-state index in [0.717, 1.165) is 11.4 Å². The summed E-state index contributed by atoms with van der Waals surface area (Å²) in [6.45, 7) is 2.59. The number of pyridine rings is 1. The summed E-state index contributed by atoms with van der Waals surface area (Å²) in [7, 11) is 0. The summed E-state index contributed by atoms with van der Waals surface area (Å²) >= 11 is 1.73. The molecule has 0 bridgehead atoms. The first-order valence-electron chi connectivity index (χ1n) is 5.97. The van der Waals surface area contributed by atoms with Crippen LogP contribution in [-0.4, -0.2) is 11.2 Å². The lowest BCUT2D eigenvalue weighted by molar-refractivity contribution is 1.09. The number of nitrogens with one attached hydrogen (secondary N) is 1. The summed E-state index contributed by atoms with van der Waals surface area (Å²) in [4.78, 5) is 5.52. The van der Waals surface area contributed by atoms with Gasteiger partial charge in [0.15, 0.2) is 0 Å². The summed E-state index contributed by atoms with van der Waals surface area (Å²) in [5, 5.41) is 12.2. The number of rotatable bonds is 4. The van der Waals surface area contributed by atoms with E-state index in [9.17, 15) is 0 Å². The van der Waals surface area contributed by atoms with Gasteiger partial charge in [0, 0.05) is 11.4 Å². The largest absolute Gasteiger partial charge is 0.366 e. The quantitative estimate of drug-likeness (QED) is 0.862. The van der Waals surface area contributed by atoms with Gasteiger partial charge in [0.2, 0.25) is 0 Å². The van der Waals surface area contributed by atoms with Gasteiger partial charge in [0.1, 0.15) is 17.6 Å². The predicted molar refractivity (Wildman–Crippen MR) is 79.2 cm³/mol. The number of anilines is 1. The second kappa shape index (κ2) is 6.26. The monoisotopic (exact) mass is 269 g/mol. The van der Waals surface area contributed by atoms with Gasteiger partial charge in [-0.1, -0.05) is 18.2 Å². The molecule has 4 heteroatoms.